The molecular weight excluding hydrogens is 436 g/mol. The molecule has 2 aromatic carbocycles. The van der Waals surface area contributed by atoms with E-state index in [0.717, 1.165) is 41.5 Å². The molecule has 0 aliphatic heterocycles. The molecule has 188 valence electrons. The van der Waals surface area contributed by atoms with E-state index in [1.165, 1.54) is 42.3 Å². The van der Waals surface area contributed by atoms with Crippen LogP contribution in [0.25, 0.3) is 10.9 Å². The fourth-order valence-corrected chi connectivity index (χ4v) is 5.40. The molecule has 0 spiro atoms. The number of nitrogens with zero attached hydrogens (tertiary/aromatic N) is 1. The summed E-state index contributed by atoms with van der Waals surface area (Å²) in [5, 5.41) is 11.7. The molecule has 0 radical (unpaired) electrons. The maximum Gasteiger partial charge on any atom is 0.132 e. The summed E-state index contributed by atoms with van der Waals surface area (Å²) in [4.78, 5) is 4.94. The normalized spacial score (nSPS) is 17.8. The van der Waals surface area contributed by atoms with Crippen LogP contribution in [-0.2, 0) is 6.54 Å². The summed E-state index contributed by atoms with van der Waals surface area (Å²) in [5.41, 5.74) is 4.75. The molecule has 6 heteroatoms. The van der Waals surface area contributed by atoms with Gasteiger partial charge in [0, 0.05) is 37.2 Å². The quantitative estimate of drug-likeness (QED) is 0.307. The molecule has 6 nitrogen and oxygen atoms in total. The van der Waals surface area contributed by atoms with Gasteiger partial charge in [-0.15, -0.1) is 0 Å². The number of rotatable bonds is 11. The van der Waals surface area contributed by atoms with E-state index in [9.17, 15) is 0 Å². The molecule has 1 aliphatic carbocycles. The first-order valence-corrected chi connectivity index (χ1v) is 13.1. The van der Waals surface area contributed by atoms with Crippen molar-refractivity contribution in [3.8, 4) is 11.5 Å². The predicted molar refractivity (Wildman–Crippen MR) is 146 cm³/mol. The first-order valence-electron chi connectivity index (χ1n) is 13.1. The molecular formula is C29H40N4O2. The summed E-state index contributed by atoms with van der Waals surface area (Å²) < 4.78 is 11.5. The van der Waals surface area contributed by atoms with Crippen LogP contribution < -0.4 is 25.4 Å². The Labute approximate surface area is 209 Å². The standard InChI is InChI=1S/C29H40N4O2/c1-5-34-23-15-16-26(35-6-2)22(17-23)19-32-18-20-11-13-21(14-12-20)27-28(30-3)24-9-7-8-10-25(24)33-29(27)31-4/h7-10,15-17,20-21,32H,5-6,11-14,18-19H2,1-4H3,(H2,30,31,33). The maximum absolute atomic E-state index is 5.84. The number of benzene rings is 2. The minimum atomic E-state index is 0.515. The van der Waals surface area contributed by atoms with Gasteiger partial charge in [0.15, 0.2) is 0 Å². The number of ether oxygens (including phenoxy) is 2. The number of fused-ring (bicyclic) bond motifs is 1. The number of hydrogen-bond acceptors (Lipinski definition) is 6. The van der Waals surface area contributed by atoms with Crippen molar-refractivity contribution in [2.45, 2.75) is 52.0 Å². The van der Waals surface area contributed by atoms with E-state index >= 15 is 0 Å². The lowest BCUT2D eigenvalue weighted by molar-refractivity contribution is 0.310. The van der Waals surface area contributed by atoms with Crippen LogP contribution in [0.3, 0.4) is 0 Å². The van der Waals surface area contributed by atoms with Crippen LogP contribution in [0.1, 0.15) is 56.6 Å². The number of anilines is 2. The first kappa shape index (κ1) is 25.1. The van der Waals surface area contributed by atoms with Gasteiger partial charge < -0.3 is 25.4 Å². The maximum atomic E-state index is 5.84. The van der Waals surface area contributed by atoms with Crippen LogP contribution in [0.5, 0.6) is 11.5 Å². The Balaban J connectivity index is 1.39. The molecule has 4 rings (SSSR count). The highest BCUT2D eigenvalue weighted by molar-refractivity contribution is 5.95. The fraction of sp³-hybridized carbons (Fsp3) is 0.483. The molecule has 0 atom stereocenters. The van der Waals surface area contributed by atoms with Gasteiger partial charge in [-0.1, -0.05) is 18.2 Å². The van der Waals surface area contributed by atoms with Gasteiger partial charge in [0.05, 0.1) is 24.4 Å². The van der Waals surface area contributed by atoms with Crippen LogP contribution in [0.2, 0.25) is 0 Å². The summed E-state index contributed by atoms with van der Waals surface area (Å²) in [6.07, 6.45) is 4.79. The van der Waals surface area contributed by atoms with E-state index in [1.807, 2.05) is 40.1 Å². The number of pyridine rings is 1. The van der Waals surface area contributed by atoms with Crippen LogP contribution in [0.15, 0.2) is 42.5 Å². The molecule has 1 aliphatic rings. The molecule has 0 saturated heterocycles. The van der Waals surface area contributed by atoms with Crippen molar-refractivity contribution in [1.82, 2.24) is 10.3 Å². The van der Waals surface area contributed by atoms with Crippen molar-refractivity contribution < 1.29 is 9.47 Å². The van der Waals surface area contributed by atoms with E-state index in [0.29, 0.717) is 25.0 Å². The van der Waals surface area contributed by atoms with Crippen molar-refractivity contribution in [1.29, 1.82) is 0 Å². The number of nitrogens with one attached hydrogen (secondary N) is 3. The van der Waals surface area contributed by atoms with E-state index in [1.54, 1.807) is 0 Å². The van der Waals surface area contributed by atoms with Crippen LogP contribution in [-0.4, -0.2) is 38.8 Å². The molecule has 0 amide bonds. The van der Waals surface area contributed by atoms with Gasteiger partial charge in [-0.3, -0.25) is 0 Å². The van der Waals surface area contributed by atoms with Crippen molar-refractivity contribution in [3.63, 3.8) is 0 Å². The molecule has 35 heavy (non-hydrogen) atoms. The fourth-order valence-electron chi connectivity index (χ4n) is 5.40. The SMILES string of the molecule is CCOc1ccc(OCC)c(CNCC2CCC(c3c(NC)nc4ccccc4c3NC)CC2)c1. The zero-order valence-corrected chi connectivity index (χ0v) is 21.6. The molecule has 1 aromatic heterocycles. The van der Waals surface area contributed by atoms with Gasteiger partial charge in [-0.2, -0.15) is 0 Å². The monoisotopic (exact) mass is 476 g/mol. The molecule has 1 heterocycles. The van der Waals surface area contributed by atoms with Gasteiger partial charge in [-0.25, -0.2) is 4.98 Å². The lowest BCUT2D eigenvalue weighted by Gasteiger charge is -2.31. The Kier molecular flexibility index (Phi) is 8.69. The molecule has 0 unspecified atom stereocenters. The third-order valence-corrected chi connectivity index (χ3v) is 7.06. The van der Waals surface area contributed by atoms with Gasteiger partial charge >= 0.3 is 0 Å². The minimum absolute atomic E-state index is 0.515. The average molecular weight is 477 g/mol. The highest BCUT2D eigenvalue weighted by atomic mass is 16.5. The zero-order chi connectivity index (χ0) is 24.6. The van der Waals surface area contributed by atoms with Crippen LogP contribution >= 0.6 is 0 Å². The first-order chi connectivity index (χ1) is 17.2. The molecule has 1 fully saturated rings. The number of hydrogen-bond donors (Lipinski definition) is 3. The van der Waals surface area contributed by atoms with Crippen LogP contribution in [0, 0.1) is 5.92 Å². The summed E-state index contributed by atoms with van der Waals surface area (Å²) >= 11 is 0. The van der Waals surface area contributed by atoms with Gasteiger partial charge in [0.2, 0.25) is 0 Å². The van der Waals surface area contributed by atoms with Crippen molar-refractivity contribution in [3.05, 3.63) is 53.6 Å². The van der Waals surface area contributed by atoms with Crippen molar-refractivity contribution in [2.75, 3.05) is 44.5 Å². The highest BCUT2D eigenvalue weighted by Gasteiger charge is 2.27. The second-order valence-electron chi connectivity index (χ2n) is 9.25. The molecule has 0 bridgehead atoms. The Morgan fingerprint density at radius 1 is 0.914 bits per heavy atom. The largest absolute Gasteiger partial charge is 0.494 e. The van der Waals surface area contributed by atoms with Gasteiger partial charge in [0.25, 0.3) is 0 Å². The summed E-state index contributed by atoms with van der Waals surface area (Å²) in [7, 11) is 4.00. The zero-order valence-electron chi connectivity index (χ0n) is 21.6. The lowest BCUT2D eigenvalue weighted by atomic mass is 9.78. The smallest absolute Gasteiger partial charge is 0.132 e. The Bertz CT molecular complexity index is 1110. The Hall–Kier alpha value is -2.99. The Morgan fingerprint density at radius 3 is 2.40 bits per heavy atom. The second-order valence-corrected chi connectivity index (χ2v) is 9.25. The number of aromatic nitrogens is 1. The molecule has 1 saturated carbocycles. The number of para-hydroxylation sites is 1. The lowest BCUT2D eigenvalue weighted by Crippen LogP contribution is -2.26. The topological polar surface area (TPSA) is 67.4 Å². The third kappa shape index (κ3) is 5.81. The summed E-state index contributed by atoms with van der Waals surface area (Å²) in [6, 6.07) is 14.5. The van der Waals surface area contributed by atoms with E-state index in [2.05, 4.69) is 46.3 Å². The van der Waals surface area contributed by atoms with Gasteiger partial charge in [-0.05, 0) is 82.2 Å². The van der Waals surface area contributed by atoms with E-state index in [-0.39, 0.29) is 0 Å². The van der Waals surface area contributed by atoms with E-state index in [4.69, 9.17) is 14.5 Å². The summed E-state index contributed by atoms with van der Waals surface area (Å²) in [6.45, 7) is 7.18. The average Bonchev–Trinajstić information content (AvgIpc) is 2.89. The van der Waals surface area contributed by atoms with Crippen molar-refractivity contribution >= 4 is 22.4 Å². The van der Waals surface area contributed by atoms with Crippen molar-refractivity contribution in [2.24, 2.45) is 5.92 Å². The highest BCUT2D eigenvalue weighted by Crippen LogP contribution is 2.44. The molecule has 3 N–H and O–H groups in total. The molecule has 3 aromatic rings. The second kappa shape index (κ2) is 12.1. The van der Waals surface area contributed by atoms with Crippen LogP contribution in [0.4, 0.5) is 11.5 Å². The third-order valence-electron chi connectivity index (χ3n) is 7.06. The Morgan fingerprint density at radius 2 is 1.69 bits per heavy atom. The van der Waals surface area contributed by atoms with E-state index < -0.39 is 0 Å². The predicted octanol–water partition coefficient (Wildman–Crippen LogP) is 6.18. The summed E-state index contributed by atoms with van der Waals surface area (Å²) in [5.74, 6) is 4.04. The minimum Gasteiger partial charge on any atom is -0.494 e. The van der Waals surface area contributed by atoms with Gasteiger partial charge in [0.1, 0.15) is 17.3 Å².